The predicted octanol–water partition coefficient (Wildman–Crippen LogP) is 2.83. The number of nitrogens with zero attached hydrogens (tertiary/aromatic N) is 3. The highest BCUT2D eigenvalue weighted by Gasteiger charge is 2.31. The third-order valence-corrected chi connectivity index (χ3v) is 3.06. The number of hydrogen-bond acceptors (Lipinski definition) is 5. The molecule has 1 saturated heterocycles. The van der Waals surface area contributed by atoms with Crippen molar-refractivity contribution in [2.75, 3.05) is 13.1 Å². The topological polar surface area (TPSA) is 64.5 Å². The number of carbonyl (C=O) groups is 1. The van der Waals surface area contributed by atoms with Crippen LogP contribution in [0, 0.1) is 6.92 Å². The van der Waals surface area contributed by atoms with Crippen LogP contribution in [0.25, 0.3) is 0 Å². The maximum absolute atomic E-state index is 12.0. The molecule has 116 valence electrons. The Hall–Kier alpha value is -1.56. The van der Waals surface area contributed by atoms with E-state index in [9.17, 15) is 4.79 Å². The van der Waals surface area contributed by atoms with Gasteiger partial charge in [0.2, 0.25) is 11.2 Å². The van der Waals surface area contributed by atoms with Crippen LogP contribution in [0.4, 0.5) is 4.79 Å². The summed E-state index contributed by atoms with van der Waals surface area (Å²) in [6.45, 7) is 8.46. The maximum Gasteiger partial charge on any atom is 0.410 e. The summed E-state index contributed by atoms with van der Waals surface area (Å²) in [5, 5.41) is 0.159. The van der Waals surface area contributed by atoms with Crippen molar-refractivity contribution < 1.29 is 14.3 Å². The van der Waals surface area contributed by atoms with Gasteiger partial charge in [-0.15, -0.1) is 0 Å². The van der Waals surface area contributed by atoms with Crippen LogP contribution in [0.2, 0.25) is 5.28 Å². The predicted molar refractivity (Wildman–Crippen MR) is 78.6 cm³/mol. The summed E-state index contributed by atoms with van der Waals surface area (Å²) in [6, 6.07) is 1.72. The molecule has 2 rings (SSSR count). The number of amides is 1. The quantitative estimate of drug-likeness (QED) is 0.786. The molecule has 0 N–H and O–H groups in total. The van der Waals surface area contributed by atoms with Crippen LogP contribution < -0.4 is 4.74 Å². The zero-order chi connectivity index (χ0) is 15.6. The van der Waals surface area contributed by atoms with E-state index in [1.54, 1.807) is 11.0 Å². The zero-order valence-electron chi connectivity index (χ0n) is 12.7. The SMILES string of the molecule is Cc1cc(O[C@H]2CCN(C(=O)OC(C)(C)C)C2)nc(Cl)n1. The van der Waals surface area contributed by atoms with Gasteiger partial charge < -0.3 is 14.4 Å². The smallest absolute Gasteiger partial charge is 0.410 e. The molecule has 1 aliphatic rings. The van der Waals surface area contributed by atoms with Crippen LogP contribution in [-0.2, 0) is 4.74 Å². The van der Waals surface area contributed by atoms with E-state index >= 15 is 0 Å². The van der Waals surface area contributed by atoms with Crippen molar-refractivity contribution in [3.05, 3.63) is 17.0 Å². The molecule has 0 saturated carbocycles. The van der Waals surface area contributed by atoms with Gasteiger partial charge in [-0.25, -0.2) is 9.78 Å². The van der Waals surface area contributed by atoms with Crippen molar-refractivity contribution in [3.8, 4) is 5.88 Å². The Balaban J connectivity index is 1.92. The minimum absolute atomic E-state index is 0.108. The Labute approximate surface area is 129 Å². The summed E-state index contributed by atoms with van der Waals surface area (Å²) in [5.41, 5.74) is 0.250. The van der Waals surface area contributed by atoms with Gasteiger partial charge in [0.1, 0.15) is 11.7 Å². The van der Waals surface area contributed by atoms with Crippen molar-refractivity contribution in [2.45, 2.75) is 45.8 Å². The van der Waals surface area contributed by atoms with Crippen LogP contribution >= 0.6 is 11.6 Å². The Morgan fingerprint density at radius 1 is 1.43 bits per heavy atom. The van der Waals surface area contributed by atoms with Crippen molar-refractivity contribution in [2.24, 2.45) is 0 Å². The first-order valence-corrected chi connectivity index (χ1v) is 7.26. The zero-order valence-corrected chi connectivity index (χ0v) is 13.5. The molecule has 0 unspecified atom stereocenters. The molecule has 0 radical (unpaired) electrons. The Kier molecular flexibility index (Phi) is 4.56. The standard InChI is InChI=1S/C14H20ClN3O3/c1-9-7-11(17-12(15)16-9)20-10-5-6-18(8-10)13(19)21-14(2,3)4/h7,10H,5-6,8H2,1-4H3/t10-/m0/s1. The monoisotopic (exact) mass is 313 g/mol. The van der Waals surface area contributed by atoms with E-state index in [1.165, 1.54) is 0 Å². The van der Waals surface area contributed by atoms with Gasteiger partial charge in [-0.05, 0) is 39.3 Å². The number of ether oxygens (including phenoxy) is 2. The van der Waals surface area contributed by atoms with Crippen molar-refractivity contribution in [3.63, 3.8) is 0 Å². The van der Waals surface area contributed by atoms with E-state index in [-0.39, 0.29) is 17.5 Å². The molecule has 21 heavy (non-hydrogen) atoms. The van der Waals surface area contributed by atoms with E-state index in [0.29, 0.717) is 19.0 Å². The summed E-state index contributed by atoms with van der Waals surface area (Å²) in [4.78, 5) is 21.6. The Bertz CT molecular complexity index is 510. The fraction of sp³-hybridized carbons (Fsp3) is 0.643. The van der Waals surface area contributed by atoms with Gasteiger partial charge in [-0.1, -0.05) is 0 Å². The summed E-state index contributed by atoms with van der Waals surface area (Å²) in [6.07, 6.45) is 0.313. The molecule has 1 atom stereocenters. The van der Waals surface area contributed by atoms with Gasteiger partial charge in [0.05, 0.1) is 6.54 Å². The second-order valence-electron chi connectivity index (χ2n) is 6.07. The molecule has 1 fully saturated rings. The number of halogens is 1. The first kappa shape index (κ1) is 15.8. The molecule has 6 nitrogen and oxygen atoms in total. The van der Waals surface area contributed by atoms with Gasteiger partial charge in [-0.3, -0.25) is 0 Å². The van der Waals surface area contributed by atoms with Gasteiger partial charge in [0.15, 0.2) is 0 Å². The minimum atomic E-state index is -0.493. The first-order chi connectivity index (χ1) is 9.73. The van der Waals surface area contributed by atoms with Crippen LogP contribution in [0.15, 0.2) is 6.07 Å². The minimum Gasteiger partial charge on any atom is -0.472 e. The average molecular weight is 314 g/mol. The second-order valence-corrected chi connectivity index (χ2v) is 6.41. The lowest BCUT2D eigenvalue weighted by molar-refractivity contribution is 0.0275. The van der Waals surface area contributed by atoms with E-state index in [0.717, 1.165) is 12.1 Å². The highest BCUT2D eigenvalue weighted by Crippen LogP contribution is 2.20. The molecule has 7 heteroatoms. The first-order valence-electron chi connectivity index (χ1n) is 6.89. The molecule has 2 heterocycles. The highest BCUT2D eigenvalue weighted by molar-refractivity contribution is 6.28. The summed E-state index contributed by atoms with van der Waals surface area (Å²) in [5.74, 6) is 0.434. The lowest BCUT2D eigenvalue weighted by Gasteiger charge is -2.24. The largest absolute Gasteiger partial charge is 0.472 e. The molecular formula is C14H20ClN3O3. The van der Waals surface area contributed by atoms with Gasteiger partial charge in [-0.2, -0.15) is 4.98 Å². The molecule has 1 aromatic rings. The third kappa shape index (κ3) is 4.74. The maximum atomic E-state index is 12.0. The van der Waals surface area contributed by atoms with Crippen molar-refractivity contribution in [1.82, 2.24) is 14.9 Å². The van der Waals surface area contributed by atoms with Crippen molar-refractivity contribution >= 4 is 17.7 Å². The van der Waals surface area contributed by atoms with E-state index in [1.807, 2.05) is 27.7 Å². The Morgan fingerprint density at radius 3 is 2.76 bits per heavy atom. The van der Waals surface area contributed by atoms with E-state index in [4.69, 9.17) is 21.1 Å². The summed E-state index contributed by atoms with van der Waals surface area (Å²) in [7, 11) is 0. The van der Waals surface area contributed by atoms with Gasteiger partial charge in [0, 0.05) is 24.7 Å². The number of hydrogen-bond donors (Lipinski definition) is 0. The van der Waals surface area contributed by atoms with E-state index < -0.39 is 5.60 Å². The van der Waals surface area contributed by atoms with Crippen LogP contribution in [-0.4, -0.2) is 45.8 Å². The van der Waals surface area contributed by atoms with Crippen LogP contribution in [0.5, 0.6) is 5.88 Å². The lowest BCUT2D eigenvalue weighted by atomic mass is 10.2. The van der Waals surface area contributed by atoms with Crippen LogP contribution in [0.3, 0.4) is 0 Å². The van der Waals surface area contributed by atoms with E-state index in [2.05, 4.69) is 9.97 Å². The number of carbonyl (C=O) groups excluding carboxylic acids is 1. The van der Waals surface area contributed by atoms with Crippen molar-refractivity contribution in [1.29, 1.82) is 0 Å². The third-order valence-electron chi connectivity index (χ3n) is 2.89. The number of rotatable bonds is 2. The molecular weight excluding hydrogens is 294 g/mol. The summed E-state index contributed by atoms with van der Waals surface area (Å²) >= 11 is 5.80. The van der Waals surface area contributed by atoms with Crippen LogP contribution in [0.1, 0.15) is 32.9 Å². The number of aromatic nitrogens is 2. The fourth-order valence-electron chi connectivity index (χ4n) is 2.05. The molecule has 0 aromatic carbocycles. The number of likely N-dealkylation sites (tertiary alicyclic amines) is 1. The van der Waals surface area contributed by atoms with Gasteiger partial charge >= 0.3 is 6.09 Å². The lowest BCUT2D eigenvalue weighted by Crippen LogP contribution is -2.36. The molecule has 0 bridgehead atoms. The number of aryl methyl sites for hydroxylation is 1. The highest BCUT2D eigenvalue weighted by atomic mass is 35.5. The van der Waals surface area contributed by atoms with Gasteiger partial charge in [0.25, 0.3) is 0 Å². The molecule has 0 spiro atoms. The molecule has 1 aromatic heterocycles. The average Bonchev–Trinajstić information content (AvgIpc) is 2.73. The molecule has 1 aliphatic heterocycles. The second kappa shape index (κ2) is 6.05. The Morgan fingerprint density at radius 2 is 2.14 bits per heavy atom. The molecule has 0 aliphatic carbocycles. The summed E-state index contributed by atoms with van der Waals surface area (Å²) < 4.78 is 11.1. The molecule has 1 amide bonds. The fourth-order valence-corrected chi connectivity index (χ4v) is 2.27. The normalized spacial score (nSPS) is 18.7.